The van der Waals surface area contributed by atoms with Crippen LogP contribution in [-0.4, -0.2) is 75.2 Å². The molecule has 2 bridgehead atoms. The maximum Gasteiger partial charge on any atom is 0.306 e. The molecule has 8 atom stereocenters. The number of amides is 2. The number of nitrogens with one attached hydrogen (secondary N) is 2. The van der Waals surface area contributed by atoms with Crippen molar-refractivity contribution in [3.8, 4) is 22.4 Å². The number of aliphatic imine (C=N–C) groups is 1. The van der Waals surface area contributed by atoms with Gasteiger partial charge in [-0.25, -0.2) is 4.98 Å². The molecule has 12 nitrogen and oxygen atoms in total. The third kappa shape index (κ3) is 7.79. The summed E-state index contributed by atoms with van der Waals surface area (Å²) in [5.74, 6) is 0.673. The van der Waals surface area contributed by atoms with E-state index in [4.69, 9.17) is 19.5 Å². The summed E-state index contributed by atoms with van der Waals surface area (Å²) in [4.78, 5) is 63.1. The number of esters is 1. The van der Waals surface area contributed by atoms with E-state index >= 15 is 0 Å². The van der Waals surface area contributed by atoms with Gasteiger partial charge in [0.05, 0.1) is 61.4 Å². The number of fused-ring (bicyclic) bond motifs is 2. The molecule has 4 aliphatic rings. The second-order valence-corrected chi connectivity index (χ2v) is 16.1. The molecule has 2 aliphatic carbocycles. The summed E-state index contributed by atoms with van der Waals surface area (Å²) in [5.41, 5.74) is 8.33. The van der Waals surface area contributed by atoms with E-state index in [9.17, 15) is 14.4 Å². The van der Waals surface area contributed by atoms with E-state index in [0.717, 1.165) is 83.7 Å². The highest BCUT2D eigenvalue weighted by atomic mass is 16.5. The second kappa shape index (κ2) is 16.5. The summed E-state index contributed by atoms with van der Waals surface area (Å²) >= 11 is 0. The standard InChI is InChI=1S/C45H51N7O5/c1-26(37-24-46-17-18-47-37)50-44(54)42-33-16-15-32(20-33)41(42)36-21-34(23-48-36)30-9-7-28(8-10-30)29-11-13-31(14-12-29)38-25-49-43(51-38)39-6-5-19-52(39)45(55)35(27(2)56-3)22-40(53)57-4/h7-14,17-18,23-27,32-33,35,39,41-42H,5-6,15-16,19-22H2,1-4H3,(H,49,51)(H,50,54)/t26?,27-,32?,33?,35+,39+,41+,42-/m1/s1. The molecule has 12 heteroatoms. The summed E-state index contributed by atoms with van der Waals surface area (Å²) in [6, 6.07) is 16.6. The number of carbonyl (C=O) groups excluding carboxylic acids is 3. The number of imidazole rings is 1. The van der Waals surface area contributed by atoms with Gasteiger partial charge in [-0.15, -0.1) is 0 Å². The topological polar surface area (TPSA) is 152 Å². The molecule has 0 spiro atoms. The number of nitrogens with zero attached hydrogens (tertiary/aromatic N) is 5. The molecule has 2 amide bonds. The van der Waals surface area contributed by atoms with Crippen LogP contribution in [0.3, 0.4) is 0 Å². The number of benzene rings is 2. The van der Waals surface area contributed by atoms with E-state index in [-0.39, 0.29) is 42.2 Å². The minimum Gasteiger partial charge on any atom is -0.469 e. The number of hydrogen-bond donors (Lipinski definition) is 2. The van der Waals surface area contributed by atoms with E-state index in [2.05, 4.69) is 68.8 Å². The Morgan fingerprint density at radius 2 is 1.61 bits per heavy atom. The fourth-order valence-corrected chi connectivity index (χ4v) is 9.67. The molecule has 3 fully saturated rings. The van der Waals surface area contributed by atoms with Crippen LogP contribution in [0.1, 0.15) is 88.0 Å². The molecule has 0 radical (unpaired) electrons. The fraction of sp³-hybridized carbons (Fsp3) is 0.444. The van der Waals surface area contributed by atoms with Gasteiger partial charge in [0, 0.05) is 56.2 Å². The van der Waals surface area contributed by atoms with Gasteiger partial charge in [-0.3, -0.25) is 29.3 Å². The number of rotatable bonds is 13. The summed E-state index contributed by atoms with van der Waals surface area (Å²) < 4.78 is 10.3. The van der Waals surface area contributed by atoms with Crippen LogP contribution in [0.25, 0.3) is 28.0 Å². The molecule has 3 unspecified atom stereocenters. The fourth-order valence-electron chi connectivity index (χ4n) is 9.67. The van der Waals surface area contributed by atoms with Crippen LogP contribution < -0.4 is 5.32 Å². The first kappa shape index (κ1) is 38.4. The van der Waals surface area contributed by atoms with Crippen LogP contribution in [0, 0.1) is 29.6 Å². The number of aromatic nitrogens is 4. The van der Waals surface area contributed by atoms with Crippen molar-refractivity contribution in [3.63, 3.8) is 0 Å². The van der Waals surface area contributed by atoms with Crippen LogP contribution >= 0.6 is 0 Å². The Labute approximate surface area is 333 Å². The number of likely N-dealkylation sites (tertiary alicyclic amines) is 1. The molecule has 4 heterocycles. The smallest absolute Gasteiger partial charge is 0.306 e. The van der Waals surface area contributed by atoms with Crippen molar-refractivity contribution in [2.45, 2.75) is 77.0 Å². The zero-order valence-corrected chi connectivity index (χ0v) is 33.1. The van der Waals surface area contributed by atoms with E-state index in [1.165, 1.54) is 12.7 Å². The maximum absolute atomic E-state index is 13.7. The van der Waals surface area contributed by atoms with Crippen molar-refractivity contribution in [1.82, 2.24) is 30.2 Å². The summed E-state index contributed by atoms with van der Waals surface area (Å²) in [6.07, 6.45) is 14.2. The van der Waals surface area contributed by atoms with Gasteiger partial charge in [0.2, 0.25) is 11.8 Å². The van der Waals surface area contributed by atoms with Gasteiger partial charge in [-0.05, 0) is 85.6 Å². The highest BCUT2D eigenvalue weighted by Crippen LogP contribution is 2.54. The Kier molecular flexibility index (Phi) is 11.1. The molecule has 2 aliphatic heterocycles. The monoisotopic (exact) mass is 769 g/mol. The van der Waals surface area contributed by atoms with Gasteiger partial charge in [0.1, 0.15) is 5.82 Å². The van der Waals surface area contributed by atoms with Crippen molar-refractivity contribution >= 4 is 29.1 Å². The minimum absolute atomic E-state index is 0.0329. The highest BCUT2D eigenvalue weighted by Gasteiger charge is 2.53. The largest absolute Gasteiger partial charge is 0.469 e. The average Bonchev–Trinajstić information content (AvgIpc) is 4.11. The van der Waals surface area contributed by atoms with E-state index in [1.54, 1.807) is 32.6 Å². The Hall–Kier alpha value is -5.49. The Morgan fingerprint density at radius 1 is 0.895 bits per heavy atom. The van der Waals surface area contributed by atoms with E-state index in [0.29, 0.717) is 18.4 Å². The molecule has 4 aromatic rings. The third-order valence-corrected chi connectivity index (χ3v) is 12.8. The molecule has 2 saturated carbocycles. The number of H-pyrrole nitrogens is 1. The lowest BCUT2D eigenvalue weighted by atomic mass is 9.74. The quantitative estimate of drug-likeness (QED) is 0.136. The molecule has 2 aromatic heterocycles. The summed E-state index contributed by atoms with van der Waals surface area (Å²) in [7, 11) is 2.88. The third-order valence-electron chi connectivity index (χ3n) is 12.8. The van der Waals surface area contributed by atoms with Gasteiger partial charge < -0.3 is 24.7 Å². The number of allylic oxidation sites excluding steroid dienone is 1. The molecule has 57 heavy (non-hydrogen) atoms. The van der Waals surface area contributed by atoms with Crippen LogP contribution in [0.15, 0.2) is 84.5 Å². The normalized spacial score (nSPS) is 24.1. The van der Waals surface area contributed by atoms with E-state index in [1.807, 2.05) is 24.2 Å². The zero-order chi connectivity index (χ0) is 39.6. The lowest BCUT2D eigenvalue weighted by molar-refractivity contribution is -0.151. The molecule has 2 N–H and O–H groups in total. The highest BCUT2D eigenvalue weighted by molar-refractivity contribution is 6.02. The maximum atomic E-state index is 13.7. The van der Waals surface area contributed by atoms with Gasteiger partial charge in [-0.1, -0.05) is 48.5 Å². The average molecular weight is 770 g/mol. The van der Waals surface area contributed by atoms with Crippen molar-refractivity contribution in [2.24, 2.45) is 34.6 Å². The predicted octanol–water partition coefficient (Wildman–Crippen LogP) is 7.14. The molecular weight excluding hydrogens is 719 g/mol. The van der Waals surface area contributed by atoms with Crippen molar-refractivity contribution in [1.29, 1.82) is 0 Å². The molecule has 8 rings (SSSR count). The van der Waals surface area contributed by atoms with Crippen LogP contribution in [0.4, 0.5) is 0 Å². The van der Waals surface area contributed by atoms with E-state index < -0.39 is 18.0 Å². The first-order valence-electron chi connectivity index (χ1n) is 20.2. The minimum atomic E-state index is -0.634. The zero-order valence-electron chi connectivity index (χ0n) is 33.1. The van der Waals surface area contributed by atoms with Gasteiger partial charge in [-0.2, -0.15) is 0 Å². The first-order chi connectivity index (χ1) is 27.7. The van der Waals surface area contributed by atoms with Gasteiger partial charge in [0.25, 0.3) is 0 Å². The first-order valence-corrected chi connectivity index (χ1v) is 20.2. The number of ether oxygens (including phenoxy) is 2. The van der Waals surface area contributed by atoms with Gasteiger partial charge in [0.15, 0.2) is 0 Å². The van der Waals surface area contributed by atoms with Crippen molar-refractivity contribution in [3.05, 3.63) is 96.6 Å². The van der Waals surface area contributed by atoms with Crippen LogP contribution in [-0.2, 0) is 23.9 Å². The van der Waals surface area contributed by atoms with Crippen molar-refractivity contribution < 1.29 is 23.9 Å². The number of aromatic amines is 1. The molecule has 296 valence electrons. The molecular formula is C45H51N7O5. The molecule has 1 saturated heterocycles. The van der Waals surface area contributed by atoms with Crippen LogP contribution in [0.2, 0.25) is 0 Å². The van der Waals surface area contributed by atoms with Crippen LogP contribution in [0.5, 0.6) is 0 Å². The SMILES string of the molecule is COC(=O)C[C@H](C(=O)N1CCC[C@H]1c1ncc(-c2ccc(-c3ccc(C4=CN=C([C@@H]5C6CCC(C6)[C@H]5C(=O)NC(C)c5cnccn5)C4)cc3)cc2)[nH]1)[C@@H](C)OC. The second-order valence-electron chi connectivity index (χ2n) is 16.1. The Morgan fingerprint density at radius 3 is 2.32 bits per heavy atom. The van der Waals surface area contributed by atoms with Gasteiger partial charge >= 0.3 is 5.97 Å². The molecule has 2 aromatic carbocycles. The summed E-state index contributed by atoms with van der Waals surface area (Å²) in [6.45, 7) is 4.37. The Bertz CT molecular complexity index is 2150. The lowest BCUT2D eigenvalue weighted by Gasteiger charge is -2.31. The predicted molar refractivity (Wildman–Crippen MR) is 216 cm³/mol. The number of carbonyl (C=O) groups is 3. The lowest BCUT2D eigenvalue weighted by Crippen LogP contribution is -2.42. The number of hydrogen-bond acceptors (Lipinski definition) is 9. The number of methoxy groups -OCH3 is 2. The summed E-state index contributed by atoms with van der Waals surface area (Å²) in [5, 5.41) is 3.24. The Balaban J connectivity index is 0.893. The van der Waals surface area contributed by atoms with Crippen molar-refractivity contribution in [2.75, 3.05) is 20.8 Å².